The van der Waals surface area contributed by atoms with Gasteiger partial charge in [-0.05, 0) is 18.8 Å². The van der Waals surface area contributed by atoms with Crippen LogP contribution in [0, 0.1) is 11.3 Å². The van der Waals surface area contributed by atoms with Crippen LogP contribution in [0.1, 0.15) is 12.8 Å². The normalized spacial score (nSPS) is 22.6. The summed E-state index contributed by atoms with van der Waals surface area (Å²) in [5, 5.41) is 10.7. The molecule has 0 radical (unpaired) electrons. The summed E-state index contributed by atoms with van der Waals surface area (Å²) in [5.74, 6) is 0.805. The van der Waals surface area contributed by atoms with Crippen molar-refractivity contribution in [3.8, 4) is 0 Å². The van der Waals surface area contributed by atoms with Crippen LogP contribution in [0.25, 0.3) is 0 Å². The van der Waals surface area contributed by atoms with Gasteiger partial charge in [0, 0.05) is 19.8 Å². The van der Waals surface area contributed by atoms with E-state index in [1.165, 1.54) is 19.1 Å². The van der Waals surface area contributed by atoms with Gasteiger partial charge < -0.3 is 15.6 Å². The lowest BCUT2D eigenvalue weighted by Crippen LogP contribution is -2.26. The number of hydrogen-bond donors (Lipinski definition) is 2. The summed E-state index contributed by atoms with van der Waals surface area (Å²) in [5.41, 5.74) is 1.78. The Kier molecular flexibility index (Phi) is 3.23. The Hall–Kier alpha value is -1.07. The van der Waals surface area contributed by atoms with Gasteiger partial charge in [0.15, 0.2) is 6.73 Å². The number of nitrogens with zero attached hydrogens (tertiary/aromatic N) is 1. The molecule has 2 N–H and O–H groups in total. The highest BCUT2D eigenvalue weighted by atomic mass is 17.2. The van der Waals surface area contributed by atoms with Crippen molar-refractivity contribution in [1.82, 2.24) is 10.2 Å². The van der Waals surface area contributed by atoms with E-state index in [1.54, 1.807) is 0 Å². The van der Waals surface area contributed by atoms with Gasteiger partial charge in [-0.15, -0.1) is 0 Å². The highest BCUT2D eigenvalue weighted by Crippen LogP contribution is 2.28. The molecule has 0 aromatic rings. The third kappa shape index (κ3) is 2.70. The van der Waals surface area contributed by atoms with Crippen LogP contribution in [-0.4, -0.2) is 38.0 Å². The minimum absolute atomic E-state index is 0.360. The number of hydrogen-bond acceptors (Lipinski definition) is 5. The van der Waals surface area contributed by atoms with Gasteiger partial charge in [-0.2, -0.15) is 0 Å². The first kappa shape index (κ1) is 10.4. The quantitative estimate of drug-likeness (QED) is 0.531. The molecular formula is C10H17N3O2. The summed E-state index contributed by atoms with van der Waals surface area (Å²) in [6.07, 6.45) is 3.97. The van der Waals surface area contributed by atoms with Crippen LogP contribution in [-0.2, 0) is 9.78 Å². The zero-order valence-electron chi connectivity index (χ0n) is 8.95. The topological polar surface area (TPSA) is 57.6 Å². The maximum absolute atomic E-state index is 7.38. The van der Waals surface area contributed by atoms with Crippen LogP contribution >= 0.6 is 0 Å². The maximum Gasteiger partial charge on any atom is 0.154 e. The minimum Gasteiger partial charge on any atom is -0.384 e. The minimum atomic E-state index is 0.360. The molecule has 0 spiro atoms. The Morgan fingerprint density at radius 3 is 3.00 bits per heavy atom. The van der Waals surface area contributed by atoms with Crippen molar-refractivity contribution in [3.63, 3.8) is 0 Å². The first-order valence-electron chi connectivity index (χ1n) is 5.24. The molecule has 1 saturated carbocycles. The monoisotopic (exact) mass is 211 g/mol. The van der Waals surface area contributed by atoms with Gasteiger partial charge in [0.1, 0.15) is 6.61 Å². The van der Waals surface area contributed by atoms with Crippen LogP contribution in [0.15, 0.2) is 11.4 Å². The molecule has 0 bridgehead atoms. The van der Waals surface area contributed by atoms with Crippen molar-refractivity contribution in [3.05, 3.63) is 11.4 Å². The van der Waals surface area contributed by atoms with Gasteiger partial charge >= 0.3 is 0 Å². The molecular weight excluding hydrogens is 194 g/mol. The Morgan fingerprint density at radius 1 is 1.53 bits per heavy atom. The van der Waals surface area contributed by atoms with Crippen molar-refractivity contribution < 1.29 is 9.78 Å². The smallest absolute Gasteiger partial charge is 0.154 e. The molecule has 0 aromatic heterocycles. The van der Waals surface area contributed by atoms with Crippen LogP contribution in [0.3, 0.4) is 0 Å². The van der Waals surface area contributed by atoms with E-state index >= 15 is 0 Å². The number of nitrogens with one attached hydrogen (secondary N) is 2. The Balaban J connectivity index is 2.02. The Bertz CT molecular complexity index is 274. The van der Waals surface area contributed by atoms with Crippen LogP contribution in [0.2, 0.25) is 0 Å². The van der Waals surface area contributed by atoms with E-state index in [1.807, 2.05) is 11.9 Å². The van der Waals surface area contributed by atoms with Crippen LogP contribution in [0.5, 0.6) is 0 Å². The second-order valence-corrected chi connectivity index (χ2v) is 4.04. The van der Waals surface area contributed by atoms with Gasteiger partial charge in [0.2, 0.25) is 0 Å². The predicted molar refractivity (Wildman–Crippen MR) is 56.2 cm³/mol. The summed E-state index contributed by atoms with van der Waals surface area (Å²) in [7, 11) is 1.88. The summed E-state index contributed by atoms with van der Waals surface area (Å²) in [6.45, 7) is 1.73. The predicted octanol–water partition coefficient (Wildman–Crippen LogP) is 0.698. The average Bonchev–Trinajstić information content (AvgIpc) is 3.03. The van der Waals surface area contributed by atoms with Crippen molar-refractivity contribution >= 4 is 6.21 Å². The molecule has 0 amide bonds. The summed E-state index contributed by atoms with van der Waals surface area (Å²) in [6, 6.07) is 0. The standard InChI is InChI=1S/C10H17N3O2/c1-13-7-15-14-6-9(10(13)4-11)12-5-8-2-3-8/h4,8,11-12H,2-3,5-7H2,1H3. The molecule has 1 fully saturated rings. The van der Waals surface area contributed by atoms with Crippen LogP contribution < -0.4 is 5.32 Å². The molecule has 0 aromatic carbocycles. The van der Waals surface area contributed by atoms with Crippen molar-refractivity contribution in [2.24, 2.45) is 5.92 Å². The molecule has 1 aliphatic carbocycles. The van der Waals surface area contributed by atoms with Gasteiger partial charge in [-0.3, -0.25) is 0 Å². The number of rotatable bonds is 4. The molecule has 2 rings (SSSR count). The fourth-order valence-electron chi connectivity index (χ4n) is 1.52. The largest absolute Gasteiger partial charge is 0.384 e. The Morgan fingerprint density at radius 2 is 2.33 bits per heavy atom. The highest BCUT2D eigenvalue weighted by molar-refractivity contribution is 5.76. The molecule has 1 aliphatic heterocycles. The molecule has 5 nitrogen and oxygen atoms in total. The van der Waals surface area contributed by atoms with E-state index in [9.17, 15) is 0 Å². The number of allylic oxidation sites excluding steroid dienone is 1. The zero-order valence-corrected chi connectivity index (χ0v) is 8.95. The van der Waals surface area contributed by atoms with Gasteiger partial charge in [0.05, 0.1) is 11.4 Å². The van der Waals surface area contributed by atoms with Crippen molar-refractivity contribution in [2.45, 2.75) is 12.8 Å². The third-order valence-corrected chi connectivity index (χ3v) is 2.69. The van der Waals surface area contributed by atoms with E-state index in [-0.39, 0.29) is 0 Å². The lowest BCUT2D eigenvalue weighted by atomic mass is 10.3. The molecule has 1 heterocycles. The highest BCUT2D eigenvalue weighted by Gasteiger charge is 2.22. The lowest BCUT2D eigenvalue weighted by Gasteiger charge is -2.18. The van der Waals surface area contributed by atoms with E-state index in [2.05, 4.69) is 5.32 Å². The van der Waals surface area contributed by atoms with Crippen LogP contribution in [0.4, 0.5) is 0 Å². The molecule has 0 saturated heterocycles. The molecule has 0 atom stereocenters. The molecule has 5 heteroatoms. The third-order valence-electron chi connectivity index (χ3n) is 2.69. The summed E-state index contributed by atoms with van der Waals surface area (Å²) in [4.78, 5) is 11.8. The van der Waals surface area contributed by atoms with Gasteiger partial charge in [0.25, 0.3) is 0 Å². The van der Waals surface area contributed by atoms with E-state index in [4.69, 9.17) is 15.2 Å². The average molecular weight is 211 g/mol. The van der Waals surface area contributed by atoms with E-state index < -0.39 is 0 Å². The fourth-order valence-corrected chi connectivity index (χ4v) is 1.52. The summed E-state index contributed by atoms with van der Waals surface area (Å²) < 4.78 is 0. The van der Waals surface area contributed by atoms with Gasteiger partial charge in [-0.25, -0.2) is 9.78 Å². The first-order valence-corrected chi connectivity index (χ1v) is 5.24. The maximum atomic E-state index is 7.38. The molecule has 15 heavy (non-hydrogen) atoms. The second kappa shape index (κ2) is 4.63. The second-order valence-electron chi connectivity index (χ2n) is 4.04. The zero-order chi connectivity index (χ0) is 10.7. The van der Waals surface area contributed by atoms with E-state index in [0.29, 0.717) is 13.3 Å². The molecule has 2 aliphatic rings. The molecule has 0 unspecified atom stereocenters. The SMILES string of the molecule is CN1COOCC(NCC2CC2)=C1C=N. The molecule has 84 valence electrons. The van der Waals surface area contributed by atoms with Crippen molar-refractivity contribution in [2.75, 3.05) is 26.9 Å². The van der Waals surface area contributed by atoms with E-state index in [0.717, 1.165) is 23.9 Å². The van der Waals surface area contributed by atoms with Crippen molar-refractivity contribution in [1.29, 1.82) is 5.41 Å². The Labute approximate surface area is 89.5 Å². The lowest BCUT2D eigenvalue weighted by molar-refractivity contribution is -0.300. The fraction of sp³-hybridized carbons (Fsp3) is 0.700. The van der Waals surface area contributed by atoms with Gasteiger partial charge in [-0.1, -0.05) is 0 Å². The first-order chi connectivity index (χ1) is 7.31. The summed E-state index contributed by atoms with van der Waals surface area (Å²) >= 11 is 0.